The Morgan fingerprint density at radius 1 is 1.23 bits per heavy atom. The Labute approximate surface area is 206 Å². The van der Waals surface area contributed by atoms with E-state index in [1.165, 1.54) is 11.3 Å². The molecule has 4 rings (SSSR count). The maximum absolute atomic E-state index is 12.1. The Morgan fingerprint density at radius 2 is 2.09 bits per heavy atom. The van der Waals surface area contributed by atoms with Crippen molar-refractivity contribution in [1.82, 2.24) is 26.0 Å². The summed E-state index contributed by atoms with van der Waals surface area (Å²) in [6, 6.07) is 5.20. The Morgan fingerprint density at radius 3 is 2.86 bits per heavy atom. The number of hydrogen-bond donors (Lipinski definition) is 4. The lowest BCUT2D eigenvalue weighted by molar-refractivity contribution is -0.122. The first-order valence-corrected chi connectivity index (χ1v) is 11.9. The minimum Gasteiger partial charge on any atom is -0.481 e. The highest BCUT2D eigenvalue weighted by atomic mass is 32.1. The first kappa shape index (κ1) is 24.2. The van der Waals surface area contributed by atoms with Crippen molar-refractivity contribution in [3.8, 4) is 17.3 Å². The van der Waals surface area contributed by atoms with E-state index in [1.807, 2.05) is 24.4 Å². The van der Waals surface area contributed by atoms with Gasteiger partial charge in [0.1, 0.15) is 16.5 Å². The Hall–Kier alpha value is -3.90. The molecular weight excluding hydrogens is 468 g/mol. The van der Waals surface area contributed by atoms with E-state index in [0.717, 1.165) is 21.7 Å². The molecule has 0 aliphatic carbocycles. The van der Waals surface area contributed by atoms with Crippen LogP contribution in [0.15, 0.2) is 50.9 Å². The van der Waals surface area contributed by atoms with Crippen LogP contribution in [0.25, 0.3) is 17.0 Å². The van der Waals surface area contributed by atoms with Crippen LogP contribution in [-0.2, 0) is 4.79 Å². The fourth-order valence-corrected chi connectivity index (χ4v) is 4.65. The van der Waals surface area contributed by atoms with Gasteiger partial charge in [-0.2, -0.15) is 0 Å². The number of carbonyl (C=O) groups is 2. The molecule has 182 valence electrons. The molecule has 12 heteroatoms. The molecule has 0 spiro atoms. The number of dihydropyridines is 1. The predicted molar refractivity (Wildman–Crippen MR) is 135 cm³/mol. The standard InChI is InChI=1S/C23H26N8O3S/c1-3-26-23(33)30-19-8-15(16(11-27-19)13-7-14(10-25-9-13)21(32)31-24)22-29-18(12-35-22)17-5-4-6-20(28-17)34-2/h4-6,9-10,12,14H,3,7-8,11,24H2,1-2H3,(H,31,32)(H2,26,27,30,33). The number of hydrazine groups is 1. The zero-order chi connectivity index (χ0) is 24.8. The molecule has 2 aromatic heterocycles. The summed E-state index contributed by atoms with van der Waals surface area (Å²) >= 11 is 1.48. The van der Waals surface area contributed by atoms with Crippen molar-refractivity contribution < 1.29 is 14.3 Å². The number of nitrogens with one attached hydrogen (secondary N) is 3. The molecule has 2 aliphatic rings. The Bertz CT molecular complexity index is 1250. The second kappa shape index (κ2) is 11.0. The number of nitrogens with zero attached hydrogens (tertiary/aromatic N) is 4. The monoisotopic (exact) mass is 494 g/mol. The number of aromatic nitrogens is 2. The molecule has 0 saturated carbocycles. The quantitative estimate of drug-likeness (QED) is 0.274. The van der Waals surface area contributed by atoms with Gasteiger partial charge in [0.05, 0.1) is 25.3 Å². The summed E-state index contributed by atoms with van der Waals surface area (Å²) in [6.07, 6.45) is 4.14. The van der Waals surface area contributed by atoms with Crippen LogP contribution in [0.1, 0.15) is 24.8 Å². The third-order valence-electron chi connectivity index (χ3n) is 5.49. The molecule has 1 unspecified atom stereocenters. The van der Waals surface area contributed by atoms with Crippen molar-refractivity contribution in [2.24, 2.45) is 21.7 Å². The summed E-state index contributed by atoms with van der Waals surface area (Å²) < 4.78 is 5.24. The minimum atomic E-state index is -0.472. The molecule has 35 heavy (non-hydrogen) atoms. The first-order chi connectivity index (χ1) is 17.0. The number of urea groups is 1. The number of carbonyl (C=O) groups excluding carboxylic acids is 2. The number of amides is 3. The molecule has 3 amide bonds. The molecule has 0 radical (unpaired) electrons. The molecule has 1 atom stereocenters. The maximum Gasteiger partial charge on any atom is 0.320 e. The smallest absolute Gasteiger partial charge is 0.320 e. The maximum atomic E-state index is 12.1. The summed E-state index contributed by atoms with van der Waals surface area (Å²) in [5.41, 5.74) is 6.33. The Balaban J connectivity index is 1.68. The number of amidine groups is 1. The minimum absolute atomic E-state index is 0.306. The third kappa shape index (κ3) is 5.61. The van der Waals surface area contributed by atoms with Crippen LogP contribution in [-0.4, -0.2) is 54.2 Å². The fraction of sp³-hybridized carbons (Fsp3) is 0.304. The fourth-order valence-electron chi connectivity index (χ4n) is 3.77. The molecule has 2 aliphatic heterocycles. The van der Waals surface area contributed by atoms with Crippen molar-refractivity contribution in [1.29, 1.82) is 0 Å². The number of thiazole rings is 1. The number of methoxy groups -OCH3 is 1. The van der Waals surface area contributed by atoms with Gasteiger partial charge in [-0.25, -0.2) is 20.6 Å². The number of aliphatic imine (C=N–C) groups is 2. The molecule has 2 aromatic rings. The first-order valence-electron chi connectivity index (χ1n) is 11.0. The average Bonchev–Trinajstić information content (AvgIpc) is 3.39. The van der Waals surface area contributed by atoms with Gasteiger partial charge < -0.3 is 10.1 Å². The number of pyridine rings is 1. The van der Waals surface area contributed by atoms with Crippen LogP contribution >= 0.6 is 11.3 Å². The summed E-state index contributed by atoms with van der Waals surface area (Å²) in [6.45, 7) is 2.67. The lowest BCUT2D eigenvalue weighted by Crippen LogP contribution is -2.40. The van der Waals surface area contributed by atoms with E-state index in [9.17, 15) is 9.59 Å². The van der Waals surface area contributed by atoms with Crippen molar-refractivity contribution in [3.63, 3.8) is 0 Å². The average molecular weight is 495 g/mol. The highest BCUT2D eigenvalue weighted by Gasteiger charge is 2.27. The van der Waals surface area contributed by atoms with Gasteiger partial charge in [0.25, 0.3) is 0 Å². The molecule has 0 saturated heterocycles. The summed E-state index contributed by atoms with van der Waals surface area (Å²) in [5, 5.41) is 8.24. The van der Waals surface area contributed by atoms with Gasteiger partial charge in [-0.3, -0.25) is 25.5 Å². The van der Waals surface area contributed by atoms with E-state index in [-0.39, 0.29) is 11.9 Å². The lowest BCUT2D eigenvalue weighted by Gasteiger charge is -2.24. The van der Waals surface area contributed by atoms with Crippen LogP contribution in [0.2, 0.25) is 0 Å². The van der Waals surface area contributed by atoms with E-state index in [1.54, 1.807) is 25.6 Å². The number of nitrogens with two attached hydrogens (primary N) is 1. The normalized spacial score (nSPS) is 17.4. The lowest BCUT2D eigenvalue weighted by atomic mass is 9.88. The van der Waals surface area contributed by atoms with E-state index in [2.05, 4.69) is 31.0 Å². The molecule has 11 nitrogen and oxygen atoms in total. The molecule has 0 aromatic carbocycles. The highest BCUT2D eigenvalue weighted by Crippen LogP contribution is 2.36. The van der Waals surface area contributed by atoms with Crippen LogP contribution in [0.4, 0.5) is 4.79 Å². The van der Waals surface area contributed by atoms with Crippen molar-refractivity contribution in [3.05, 3.63) is 45.9 Å². The van der Waals surface area contributed by atoms with Crippen LogP contribution in [0.3, 0.4) is 0 Å². The van der Waals surface area contributed by atoms with Crippen LogP contribution in [0, 0.1) is 5.92 Å². The van der Waals surface area contributed by atoms with Crippen molar-refractivity contribution in [2.75, 3.05) is 20.2 Å². The topological polar surface area (TPSA) is 156 Å². The van der Waals surface area contributed by atoms with Crippen LogP contribution in [0.5, 0.6) is 5.88 Å². The second-order valence-electron chi connectivity index (χ2n) is 7.76. The van der Waals surface area contributed by atoms with Crippen molar-refractivity contribution >= 4 is 40.9 Å². The summed E-state index contributed by atoms with van der Waals surface area (Å²) in [4.78, 5) is 42.4. The summed E-state index contributed by atoms with van der Waals surface area (Å²) in [5.74, 6) is 5.60. The molecule has 0 fully saturated rings. The molecule has 4 heterocycles. The summed E-state index contributed by atoms with van der Waals surface area (Å²) in [7, 11) is 1.57. The van der Waals surface area contributed by atoms with Gasteiger partial charge in [0.15, 0.2) is 0 Å². The van der Waals surface area contributed by atoms with Gasteiger partial charge in [0, 0.05) is 42.4 Å². The zero-order valence-electron chi connectivity index (χ0n) is 19.4. The van der Waals surface area contributed by atoms with Gasteiger partial charge in [-0.05, 0) is 30.6 Å². The molecule has 0 bridgehead atoms. The predicted octanol–water partition coefficient (Wildman–Crippen LogP) is 2.05. The van der Waals surface area contributed by atoms with E-state index < -0.39 is 5.92 Å². The van der Waals surface area contributed by atoms with Gasteiger partial charge in [0.2, 0.25) is 11.8 Å². The van der Waals surface area contributed by atoms with E-state index in [0.29, 0.717) is 49.0 Å². The van der Waals surface area contributed by atoms with Gasteiger partial charge in [-0.15, -0.1) is 11.3 Å². The van der Waals surface area contributed by atoms with Gasteiger partial charge >= 0.3 is 6.03 Å². The highest BCUT2D eigenvalue weighted by molar-refractivity contribution is 7.11. The van der Waals surface area contributed by atoms with Crippen LogP contribution < -0.4 is 26.6 Å². The Kier molecular flexibility index (Phi) is 7.63. The molecular formula is C23H26N8O3S. The van der Waals surface area contributed by atoms with Gasteiger partial charge in [-0.1, -0.05) is 6.07 Å². The number of hydrogen-bond acceptors (Lipinski definition) is 9. The largest absolute Gasteiger partial charge is 0.481 e. The van der Waals surface area contributed by atoms with Crippen molar-refractivity contribution in [2.45, 2.75) is 19.8 Å². The SMILES string of the molecule is CCNC(=O)NC1=NCC(C2=CN=CC(C(=O)NN)C2)=C(c2nc(-c3cccc(OC)n3)cs2)C1. The molecule has 5 N–H and O–H groups in total. The third-order valence-corrected chi connectivity index (χ3v) is 6.39. The zero-order valence-corrected chi connectivity index (χ0v) is 20.2. The number of rotatable bonds is 6. The second-order valence-corrected chi connectivity index (χ2v) is 8.61. The number of ether oxygens (including phenoxy) is 1. The van der Waals surface area contributed by atoms with E-state index >= 15 is 0 Å². The van der Waals surface area contributed by atoms with E-state index in [4.69, 9.17) is 15.6 Å².